The summed E-state index contributed by atoms with van der Waals surface area (Å²) >= 11 is 0. The zero-order valence-electron chi connectivity index (χ0n) is 54.1. The van der Waals surface area contributed by atoms with Crippen molar-refractivity contribution >= 4 is 50.6 Å². The first-order valence-corrected chi connectivity index (χ1v) is 47.8. The first-order valence-electron chi connectivity index (χ1n) is 30.0. The summed E-state index contributed by atoms with van der Waals surface area (Å²) in [6.07, 6.45) is 3.71. The Morgan fingerprint density at radius 2 is 0.700 bits per heavy atom. The van der Waals surface area contributed by atoms with Crippen LogP contribution in [0, 0.1) is 0 Å². The fraction of sp³-hybridized carbons (Fsp3) is 1.00. The van der Waals surface area contributed by atoms with Crippen molar-refractivity contribution in [2.75, 3.05) is 112 Å². The van der Waals surface area contributed by atoms with Crippen LogP contribution in [0.2, 0.25) is 96.7 Å². The van der Waals surface area contributed by atoms with E-state index in [9.17, 15) is 15.3 Å². The Balaban J connectivity index is 0. The molecule has 0 saturated heterocycles. The van der Waals surface area contributed by atoms with Gasteiger partial charge in [-0.25, -0.2) is 0 Å². The quantitative estimate of drug-likeness (QED) is 0.0274. The van der Waals surface area contributed by atoms with Crippen LogP contribution in [0.4, 0.5) is 0 Å². The van der Waals surface area contributed by atoms with Crippen molar-refractivity contribution in [2.24, 2.45) is 17.2 Å². The molecular formula is C53H128N6O15Si6. The van der Waals surface area contributed by atoms with Gasteiger partial charge in [-0.05, 0) is 177 Å². The van der Waals surface area contributed by atoms with E-state index in [0.717, 1.165) is 56.7 Å². The van der Waals surface area contributed by atoms with E-state index in [4.69, 9.17) is 71.6 Å². The van der Waals surface area contributed by atoms with E-state index in [0.29, 0.717) is 106 Å². The average Bonchev–Trinajstić information content (AvgIpc) is 3.29. The number of aliphatic hydroxyl groups excluding tert-OH is 4. The Bertz CT molecular complexity index is 1400. The van der Waals surface area contributed by atoms with E-state index in [1.165, 1.54) is 0 Å². The Kier molecular flexibility index (Phi) is 47.1. The summed E-state index contributed by atoms with van der Waals surface area (Å²) < 4.78 is 66.1. The fourth-order valence-electron chi connectivity index (χ4n) is 8.72. The van der Waals surface area contributed by atoms with Crippen LogP contribution in [-0.2, 0) is 49.3 Å². The zero-order valence-corrected chi connectivity index (χ0v) is 60.1. The molecule has 0 aliphatic carbocycles. The summed E-state index contributed by atoms with van der Waals surface area (Å²) in [4.78, 5) is 0. The number of nitrogens with two attached hydrogens (primary N) is 3. The highest BCUT2D eigenvalue weighted by atomic mass is 28.5. The van der Waals surface area contributed by atoms with Gasteiger partial charge in [0, 0.05) is 82.3 Å². The van der Waals surface area contributed by atoms with Crippen LogP contribution in [0.1, 0.15) is 80.1 Å². The van der Waals surface area contributed by atoms with Crippen LogP contribution in [0.15, 0.2) is 0 Å². The molecule has 0 aliphatic heterocycles. The maximum absolute atomic E-state index is 10.3. The van der Waals surface area contributed by atoms with Crippen molar-refractivity contribution in [1.29, 1.82) is 0 Å². The molecule has 0 fully saturated rings. The molecule has 0 heterocycles. The predicted molar refractivity (Wildman–Crippen MR) is 341 cm³/mol. The fourth-order valence-corrected chi connectivity index (χ4v) is 35.6. The van der Waals surface area contributed by atoms with Gasteiger partial charge in [0.05, 0.1) is 84.4 Å². The monoisotopic (exact) mass is 1260 g/mol. The van der Waals surface area contributed by atoms with Crippen molar-refractivity contribution in [3.8, 4) is 0 Å². The molecule has 484 valence electrons. The van der Waals surface area contributed by atoms with Gasteiger partial charge in [0.15, 0.2) is 25.0 Å². The van der Waals surface area contributed by atoms with Crippen LogP contribution in [0.3, 0.4) is 0 Å². The highest BCUT2D eigenvalue weighted by Crippen LogP contribution is 2.27. The predicted octanol–water partition coefficient (Wildman–Crippen LogP) is 5.27. The smallest absolute Gasteiger partial charge is 0.322 e. The lowest BCUT2D eigenvalue weighted by Gasteiger charge is -2.38. The molecule has 0 aromatic carbocycles. The normalized spacial score (nSPS) is 16.6. The molecule has 0 aliphatic rings. The molecule has 0 saturated carbocycles. The molecule has 27 heteroatoms. The second-order valence-electron chi connectivity index (χ2n) is 25.5. The van der Waals surface area contributed by atoms with Gasteiger partial charge in [-0.1, -0.05) is 0 Å². The number of hydrogen-bond acceptors (Lipinski definition) is 21. The van der Waals surface area contributed by atoms with Gasteiger partial charge >= 0.3 is 25.7 Å². The number of rotatable bonds is 53. The van der Waals surface area contributed by atoms with E-state index in [2.05, 4.69) is 94.5 Å². The summed E-state index contributed by atoms with van der Waals surface area (Å²) in [7, 11) is -12.7. The first kappa shape index (κ1) is 82.5. The molecule has 9 atom stereocenters. The molecule has 21 nitrogen and oxygen atoms in total. The molecule has 9 unspecified atom stereocenters. The maximum Gasteiger partial charge on any atom is 0.322 e. The molecule has 13 N–H and O–H groups in total. The Morgan fingerprint density at radius 1 is 0.362 bits per heavy atom. The first-order chi connectivity index (χ1) is 37.0. The molecule has 80 heavy (non-hydrogen) atoms. The van der Waals surface area contributed by atoms with Crippen molar-refractivity contribution in [2.45, 2.75) is 231 Å². The van der Waals surface area contributed by atoms with Gasteiger partial charge in [0.25, 0.3) is 0 Å². The SMILES string of the molecule is CC(N)COCC(C)NCC(O)CCCCO[Si](C)(C)O[Si](C)(C)O[Si](C)(C)CCCOCC(O)CNC(C)COCC(C)N.CC(N)COCC(C)NCC(O)COCCC[Si](C)(C)O[Si](C)(C)O[Si](C)(C)CCCOCCO. The van der Waals surface area contributed by atoms with E-state index in [-0.39, 0.29) is 42.9 Å². The number of aliphatic hydroxyl groups is 4. The van der Waals surface area contributed by atoms with Crippen molar-refractivity contribution in [1.82, 2.24) is 16.0 Å². The third-order valence-corrected chi connectivity index (χ3v) is 33.9. The summed E-state index contributed by atoms with van der Waals surface area (Å²) in [6, 6.07) is 3.49. The van der Waals surface area contributed by atoms with Gasteiger partial charge in [-0.2, -0.15) is 0 Å². The lowest BCUT2D eigenvalue weighted by atomic mass is 10.1. The van der Waals surface area contributed by atoms with Gasteiger partial charge in [0.2, 0.25) is 0 Å². The third kappa shape index (κ3) is 55.1. The minimum absolute atomic E-state index is 0.0204. The largest absolute Gasteiger partial charge is 0.437 e. The van der Waals surface area contributed by atoms with E-state index in [1.807, 2.05) is 41.5 Å². The minimum atomic E-state index is -2.40. The highest BCUT2D eigenvalue weighted by molar-refractivity contribution is 6.88. The van der Waals surface area contributed by atoms with Crippen molar-refractivity contribution < 1.29 is 69.7 Å². The standard InChI is InChI=1S/C30H72N4O8Si3.C23H56N2O7Si3/c1-25(31)20-38-22-27(3)33-18-29(35)14-11-12-16-40-44(7,8)42-45(9,10)41-43(5,6)17-13-15-37-24-30(36)19-34-28(4)23-39-21-26(2)32;1-21(24)18-30-19-22(2)25-17-23(27)20-29-13-10-16-34(5,6)32-35(7,8)31-33(3,4)15-9-12-28-14-11-26/h25-30,33-36H,11-24,31-32H2,1-10H3;21-23,25-27H,9-20,24H2,1-8H3. The van der Waals surface area contributed by atoms with E-state index in [1.54, 1.807) is 0 Å². The van der Waals surface area contributed by atoms with Crippen LogP contribution in [0.5, 0.6) is 0 Å². The van der Waals surface area contributed by atoms with Crippen molar-refractivity contribution in [3.63, 3.8) is 0 Å². The van der Waals surface area contributed by atoms with Gasteiger partial charge in [-0.3, -0.25) is 0 Å². The summed E-state index contributed by atoms with van der Waals surface area (Å²) in [5.74, 6) is 0. The van der Waals surface area contributed by atoms with Crippen molar-refractivity contribution in [3.05, 3.63) is 0 Å². The molecule has 0 rings (SSSR count). The molecule has 0 aromatic heterocycles. The van der Waals surface area contributed by atoms with Crippen LogP contribution in [-0.4, -0.2) is 238 Å². The molecular weight excluding hydrogens is 1130 g/mol. The number of ether oxygens (including phenoxy) is 6. The Morgan fingerprint density at radius 3 is 1.05 bits per heavy atom. The van der Waals surface area contributed by atoms with Gasteiger partial charge in [0.1, 0.15) is 0 Å². The lowest BCUT2D eigenvalue weighted by Crippen LogP contribution is -2.53. The van der Waals surface area contributed by atoms with E-state index >= 15 is 0 Å². The molecule has 0 spiro atoms. The molecule has 0 bridgehead atoms. The lowest BCUT2D eigenvalue weighted by molar-refractivity contribution is 0.0328. The second kappa shape index (κ2) is 45.7. The Labute approximate surface area is 494 Å². The zero-order chi connectivity index (χ0) is 61.5. The van der Waals surface area contributed by atoms with Gasteiger partial charge in [-0.15, -0.1) is 0 Å². The van der Waals surface area contributed by atoms with Crippen LogP contribution < -0.4 is 33.2 Å². The Hall–Kier alpha value is 0.461. The number of nitrogens with one attached hydrogen (secondary N) is 3. The number of hydrogen-bond donors (Lipinski definition) is 10. The van der Waals surface area contributed by atoms with Crippen LogP contribution >= 0.6 is 0 Å². The molecule has 0 radical (unpaired) electrons. The van der Waals surface area contributed by atoms with Crippen LogP contribution in [0.25, 0.3) is 0 Å². The van der Waals surface area contributed by atoms with E-state index < -0.39 is 68.9 Å². The maximum atomic E-state index is 10.3. The average molecular weight is 1260 g/mol. The van der Waals surface area contributed by atoms with Gasteiger partial charge < -0.3 is 103 Å². The summed E-state index contributed by atoms with van der Waals surface area (Å²) in [6.45, 7) is 46.2. The molecule has 0 amide bonds. The summed E-state index contributed by atoms with van der Waals surface area (Å²) in [5, 5.41) is 49.3. The highest BCUT2D eigenvalue weighted by Gasteiger charge is 2.41. The molecule has 0 aromatic rings. The third-order valence-electron chi connectivity index (χ3n) is 11.8. The number of unbranched alkanes of at least 4 members (excludes halogenated alkanes) is 1. The minimum Gasteiger partial charge on any atom is -0.437 e. The summed E-state index contributed by atoms with van der Waals surface area (Å²) in [5.41, 5.74) is 17.1. The topological polar surface area (TPSA) is 297 Å². The second-order valence-corrected chi connectivity index (χ2v) is 49.5.